The van der Waals surface area contributed by atoms with Crippen LogP contribution >= 0.6 is 0 Å². The van der Waals surface area contributed by atoms with Crippen molar-refractivity contribution in [3.63, 3.8) is 0 Å². The molecule has 0 aromatic heterocycles. The summed E-state index contributed by atoms with van der Waals surface area (Å²) < 4.78 is 42.4. The van der Waals surface area contributed by atoms with Crippen LogP contribution in [-0.2, 0) is 9.84 Å². The normalized spacial score (nSPS) is 12.5. The third kappa shape index (κ3) is 4.36. The lowest BCUT2D eigenvalue weighted by atomic mass is 10.1. The number of rotatable bonds is 5. The van der Waals surface area contributed by atoms with Crippen molar-refractivity contribution in [3.8, 4) is 5.75 Å². The van der Waals surface area contributed by atoms with Crippen molar-refractivity contribution in [2.24, 2.45) is 0 Å². The molecule has 0 saturated carbocycles. The third-order valence-electron chi connectivity index (χ3n) is 3.80. The van der Waals surface area contributed by atoms with Gasteiger partial charge in [0.2, 0.25) is 0 Å². The van der Waals surface area contributed by atoms with Crippen LogP contribution in [0.4, 0.5) is 4.39 Å². The maximum absolute atomic E-state index is 13.8. The summed E-state index contributed by atoms with van der Waals surface area (Å²) >= 11 is 0. The number of aryl methyl sites for hydroxylation is 1. The van der Waals surface area contributed by atoms with Crippen molar-refractivity contribution in [1.82, 2.24) is 5.32 Å². The van der Waals surface area contributed by atoms with Crippen LogP contribution in [0.3, 0.4) is 0 Å². The summed E-state index contributed by atoms with van der Waals surface area (Å²) in [5.41, 5.74) is 1.38. The Morgan fingerprint density at radius 2 is 1.88 bits per heavy atom. The minimum Gasteiger partial charge on any atom is -0.495 e. The van der Waals surface area contributed by atoms with Crippen LogP contribution in [0.1, 0.15) is 34.5 Å². The summed E-state index contributed by atoms with van der Waals surface area (Å²) in [7, 11) is -2.05. The third-order valence-corrected chi connectivity index (χ3v) is 4.94. The molecule has 1 amide bonds. The SMILES string of the molecule is COc1cc(C(C)NC(=O)c2cc(C)ccc2F)ccc1S(C)(=O)=O. The van der Waals surface area contributed by atoms with Crippen molar-refractivity contribution in [2.45, 2.75) is 24.8 Å². The van der Waals surface area contributed by atoms with E-state index in [1.807, 2.05) is 0 Å². The van der Waals surface area contributed by atoms with Crippen molar-refractivity contribution < 1.29 is 22.3 Å². The number of hydrogen-bond acceptors (Lipinski definition) is 4. The highest BCUT2D eigenvalue weighted by Gasteiger charge is 2.19. The molecule has 25 heavy (non-hydrogen) atoms. The van der Waals surface area contributed by atoms with E-state index in [4.69, 9.17) is 4.74 Å². The van der Waals surface area contributed by atoms with Crippen molar-refractivity contribution >= 4 is 15.7 Å². The maximum Gasteiger partial charge on any atom is 0.254 e. The lowest BCUT2D eigenvalue weighted by molar-refractivity contribution is 0.0935. The van der Waals surface area contributed by atoms with E-state index in [1.165, 1.54) is 25.3 Å². The van der Waals surface area contributed by atoms with Crippen molar-refractivity contribution in [3.05, 3.63) is 58.9 Å². The van der Waals surface area contributed by atoms with Gasteiger partial charge in [0.15, 0.2) is 9.84 Å². The lowest BCUT2D eigenvalue weighted by Gasteiger charge is -2.17. The Hall–Kier alpha value is -2.41. The first-order valence-electron chi connectivity index (χ1n) is 7.58. The number of carbonyl (C=O) groups is 1. The molecule has 0 heterocycles. The molecule has 2 aromatic rings. The molecule has 134 valence electrons. The fourth-order valence-electron chi connectivity index (χ4n) is 2.43. The number of hydrogen-bond donors (Lipinski definition) is 1. The number of ether oxygens (including phenoxy) is 1. The van der Waals surface area contributed by atoms with Gasteiger partial charge >= 0.3 is 0 Å². The second-order valence-electron chi connectivity index (χ2n) is 5.86. The zero-order valence-electron chi connectivity index (χ0n) is 14.5. The van der Waals surface area contributed by atoms with E-state index in [-0.39, 0.29) is 16.2 Å². The highest BCUT2D eigenvalue weighted by molar-refractivity contribution is 7.90. The fraction of sp³-hybridized carbons (Fsp3) is 0.278. The topological polar surface area (TPSA) is 72.5 Å². The number of amides is 1. The molecule has 2 rings (SSSR count). The molecule has 1 atom stereocenters. The number of benzene rings is 2. The number of methoxy groups -OCH3 is 1. The van der Waals surface area contributed by atoms with Crippen LogP contribution in [0.2, 0.25) is 0 Å². The molecule has 1 N–H and O–H groups in total. The molecule has 0 spiro atoms. The van der Waals surface area contributed by atoms with E-state index >= 15 is 0 Å². The second kappa shape index (κ2) is 7.23. The smallest absolute Gasteiger partial charge is 0.254 e. The molecule has 7 heteroatoms. The van der Waals surface area contributed by atoms with Crippen LogP contribution < -0.4 is 10.1 Å². The minimum atomic E-state index is -3.43. The first kappa shape index (κ1) is 18.9. The van der Waals surface area contributed by atoms with E-state index < -0.39 is 27.6 Å². The molecule has 0 radical (unpaired) electrons. The number of carbonyl (C=O) groups excluding carboxylic acids is 1. The second-order valence-corrected chi connectivity index (χ2v) is 7.85. The van der Waals surface area contributed by atoms with Crippen molar-refractivity contribution in [1.29, 1.82) is 0 Å². The average molecular weight is 365 g/mol. The molecule has 0 bridgehead atoms. The van der Waals surface area contributed by atoms with Crippen LogP contribution in [0.25, 0.3) is 0 Å². The average Bonchev–Trinajstić information content (AvgIpc) is 2.55. The molecule has 5 nitrogen and oxygen atoms in total. The molecular weight excluding hydrogens is 345 g/mol. The lowest BCUT2D eigenvalue weighted by Crippen LogP contribution is -2.27. The standard InChI is InChI=1S/C18H20FNO4S/c1-11-5-7-15(19)14(9-11)18(21)20-12(2)13-6-8-17(25(4,22)23)16(10-13)24-3/h5-10,12H,1-4H3,(H,20,21). The quantitative estimate of drug-likeness (QED) is 0.884. The number of sulfone groups is 1. The highest BCUT2D eigenvalue weighted by atomic mass is 32.2. The van der Waals surface area contributed by atoms with Crippen LogP contribution in [0, 0.1) is 12.7 Å². The van der Waals surface area contributed by atoms with Gasteiger partial charge in [0.25, 0.3) is 5.91 Å². The summed E-state index contributed by atoms with van der Waals surface area (Å²) in [5.74, 6) is -0.942. The van der Waals surface area contributed by atoms with Gasteiger partial charge in [0.1, 0.15) is 16.5 Å². The molecule has 0 aliphatic carbocycles. The van der Waals surface area contributed by atoms with E-state index in [0.29, 0.717) is 5.56 Å². The van der Waals surface area contributed by atoms with Gasteiger partial charge in [-0.2, -0.15) is 0 Å². The van der Waals surface area contributed by atoms with Crippen LogP contribution in [-0.4, -0.2) is 27.7 Å². The summed E-state index contributed by atoms with van der Waals surface area (Å²) in [6.45, 7) is 3.49. The predicted molar refractivity (Wildman–Crippen MR) is 93.1 cm³/mol. The van der Waals surface area contributed by atoms with Gasteiger partial charge in [0, 0.05) is 6.26 Å². The first-order chi connectivity index (χ1) is 11.6. The molecule has 0 saturated heterocycles. The van der Waals surface area contributed by atoms with Crippen LogP contribution in [0.5, 0.6) is 5.75 Å². The largest absolute Gasteiger partial charge is 0.495 e. The Balaban J connectivity index is 2.27. The predicted octanol–water partition coefficient (Wildman–Crippen LogP) is 3.04. The van der Waals surface area contributed by atoms with Gasteiger partial charge in [-0.05, 0) is 43.7 Å². The van der Waals surface area contributed by atoms with E-state index in [0.717, 1.165) is 11.8 Å². The summed E-state index contributed by atoms with van der Waals surface area (Å²) in [5, 5.41) is 2.71. The van der Waals surface area contributed by atoms with Gasteiger partial charge in [-0.25, -0.2) is 12.8 Å². The van der Waals surface area contributed by atoms with Gasteiger partial charge in [-0.15, -0.1) is 0 Å². The Morgan fingerprint density at radius 3 is 2.48 bits per heavy atom. The molecule has 0 fully saturated rings. The van der Waals surface area contributed by atoms with Gasteiger partial charge < -0.3 is 10.1 Å². The van der Waals surface area contributed by atoms with Crippen molar-refractivity contribution in [2.75, 3.05) is 13.4 Å². The zero-order valence-corrected chi connectivity index (χ0v) is 15.3. The molecule has 2 aromatic carbocycles. The fourth-order valence-corrected chi connectivity index (χ4v) is 3.25. The summed E-state index contributed by atoms with van der Waals surface area (Å²) in [4.78, 5) is 12.4. The number of halogens is 1. The summed E-state index contributed by atoms with van der Waals surface area (Å²) in [6.07, 6.45) is 1.09. The molecule has 0 aliphatic heterocycles. The van der Waals surface area contributed by atoms with Gasteiger partial charge in [-0.3, -0.25) is 4.79 Å². The Kier molecular flexibility index (Phi) is 5.47. The van der Waals surface area contributed by atoms with Gasteiger partial charge in [-0.1, -0.05) is 17.7 Å². The van der Waals surface area contributed by atoms with E-state index in [1.54, 1.807) is 32.0 Å². The van der Waals surface area contributed by atoms with Crippen LogP contribution in [0.15, 0.2) is 41.3 Å². The Morgan fingerprint density at radius 1 is 1.20 bits per heavy atom. The Bertz CT molecular complexity index is 909. The molecule has 1 unspecified atom stereocenters. The van der Waals surface area contributed by atoms with Gasteiger partial charge in [0.05, 0.1) is 18.7 Å². The Labute approximate surface area is 146 Å². The first-order valence-corrected chi connectivity index (χ1v) is 9.47. The maximum atomic E-state index is 13.8. The summed E-state index contributed by atoms with van der Waals surface area (Å²) in [6, 6.07) is 8.42. The minimum absolute atomic E-state index is 0.0356. The van der Waals surface area contributed by atoms with E-state index in [9.17, 15) is 17.6 Å². The highest BCUT2D eigenvalue weighted by Crippen LogP contribution is 2.27. The van der Waals surface area contributed by atoms with E-state index in [2.05, 4.69) is 5.32 Å². The monoisotopic (exact) mass is 365 g/mol. The number of nitrogens with one attached hydrogen (secondary N) is 1. The zero-order chi connectivity index (χ0) is 18.8. The molecular formula is C18H20FNO4S. The molecule has 0 aliphatic rings.